The van der Waals surface area contributed by atoms with Crippen molar-refractivity contribution in [3.63, 3.8) is 0 Å². The van der Waals surface area contributed by atoms with Gasteiger partial charge in [-0.1, -0.05) is 6.07 Å². The van der Waals surface area contributed by atoms with Crippen molar-refractivity contribution in [3.8, 4) is 6.07 Å². The van der Waals surface area contributed by atoms with E-state index in [-0.39, 0.29) is 11.7 Å². The summed E-state index contributed by atoms with van der Waals surface area (Å²) in [5.41, 5.74) is 0.501. The number of rotatable bonds is 3. The minimum Gasteiger partial charge on any atom is -0.381 e. The lowest BCUT2D eigenvalue weighted by molar-refractivity contribution is -0.136. The minimum atomic E-state index is -0.577. The molecular formula is C13H15FN2O2. The summed E-state index contributed by atoms with van der Waals surface area (Å²) in [5.74, 6) is -1.10. The van der Waals surface area contributed by atoms with Crippen LogP contribution in [-0.4, -0.2) is 25.0 Å². The summed E-state index contributed by atoms with van der Waals surface area (Å²) in [6.07, 6.45) is -0.102. The molecule has 1 aromatic rings. The van der Waals surface area contributed by atoms with Gasteiger partial charge in [-0.2, -0.15) is 5.26 Å². The standard InChI is InChI=1S/C13H15FN2O2/c1-13(2)17-8-9(18-13)7-16-12-5-3-4-11(14)10(12)6-15/h3-5,9,16H,7-8H2,1-2H3. The summed E-state index contributed by atoms with van der Waals surface area (Å²) in [4.78, 5) is 0. The van der Waals surface area contributed by atoms with E-state index < -0.39 is 11.6 Å². The van der Waals surface area contributed by atoms with Gasteiger partial charge in [0.25, 0.3) is 0 Å². The predicted molar refractivity (Wildman–Crippen MR) is 64.5 cm³/mol. The van der Waals surface area contributed by atoms with Crippen molar-refractivity contribution in [1.29, 1.82) is 5.26 Å². The summed E-state index contributed by atoms with van der Waals surface area (Å²) in [5, 5.41) is 11.9. The Kier molecular flexibility index (Phi) is 3.50. The average molecular weight is 250 g/mol. The van der Waals surface area contributed by atoms with E-state index in [4.69, 9.17) is 14.7 Å². The number of benzene rings is 1. The number of hydrogen-bond donors (Lipinski definition) is 1. The molecule has 1 atom stereocenters. The van der Waals surface area contributed by atoms with Crippen molar-refractivity contribution in [2.75, 3.05) is 18.5 Å². The fraction of sp³-hybridized carbons (Fsp3) is 0.462. The van der Waals surface area contributed by atoms with Gasteiger partial charge in [-0.3, -0.25) is 0 Å². The van der Waals surface area contributed by atoms with Crippen LogP contribution in [0, 0.1) is 17.1 Å². The van der Waals surface area contributed by atoms with Gasteiger partial charge >= 0.3 is 0 Å². The average Bonchev–Trinajstić information content (AvgIpc) is 2.66. The summed E-state index contributed by atoms with van der Waals surface area (Å²) in [6.45, 7) is 4.64. The summed E-state index contributed by atoms with van der Waals surface area (Å²) in [6, 6.07) is 6.34. The molecule has 1 aliphatic rings. The Balaban J connectivity index is 2.00. The highest BCUT2D eigenvalue weighted by Crippen LogP contribution is 2.23. The quantitative estimate of drug-likeness (QED) is 0.894. The molecule has 1 N–H and O–H groups in total. The van der Waals surface area contributed by atoms with E-state index in [1.54, 1.807) is 12.1 Å². The molecule has 5 heteroatoms. The summed E-state index contributed by atoms with van der Waals surface area (Å²) in [7, 11) is 0. The molecule has 0 saturated carbocycles. The van der Waals surface area contributed by atoms with Crippen LogP contribution in [0.15, 0.2) is 18.2 Å². The third-order valence-corrected chi connectivity index (χ3v) is 2.71. The molecule has 1 unspecified atom stereocenters. The molecule has 2 rings (SSSR count). The summed E-state index contributed by atoms with van der Waals surface area (Å²) >= 11 is 0. The third-order valence-electron chi connectivity index (χ3n) is 2.71. The van der Waals surface area contributed by atoms with Crippen molar-refractivity contribution in [3.05, 3.63) is 29.6 Å². The van der Waals surface area contributed by atoms with Gasteiger partial charge in [0, 0.05) is 6.54 Å². The van der Waals surface area contributed by atoms with Gasteiger partial charge in [0.1, 0.15) is 23.6 Å². The van der Waals surface area contributed by atoms with E-state index in [0.717, 1.165) is 0 Å². The topological polar surface area (TPSA) is 54.3 Å². The van der Waals surface area contributed by atoms with Gasteiger partial charge in [0.15, 0.2) is 5.79 Å². The van der Waals surface area contributed by atoms with Crippen LogP contribution in [0.4, 0.5) is 10.1 Å². The van der Waals surface area contributed by atoms with Gasteiger partial charge in [-0.15, -0.1) is 0 Å². The first-order valence-electron chi connectivity index (χ1n) is 5.76. The molecule has 0 spiro atoms. The first-order valence-corrected chi connectivity index (χ1v) is 5.76. The minimum absolute atomic E-state index is 0.0238. The smallest absolute Gasteiger partial charge is 0.163 e. The van der Waals surface area contributed by atoms with Crippen molar-refractivity contribution in [2.45, 2.75) is 25.7 Å². The lowest BCUT2D eigenvalue weighted by Gasteiger charge is -2.17. The number of nitrogens with zero attached hydrogens (tertiary/aromatic N) is 1. The predicted octanol–water partition coefficient (Wildman–Crippen LogP) is 2.26. The molecule has 96 valence electrons. The monoisotopic (exact) mass is 250 g/mol. The van der Waals surface area contributed by atoms with E-state index in [9.17, 15) is 4.39 Å². The van der Waals surface area contributed by atoms with E-state index in [1.165, 1.54) is 6.07 Å². The normalized spacial score (nSPS) is 21.6. The molecule has 0 aliphatic carbocycles. The first kappa shape index (κ1) is 12.8. The van der Waals surface area contributed by atoms with Gasteiger partial charge < -0.3 is 14.8 Å². The van der Waals surface area contributed by atoms with Crippen molar-refractivity contribution in [1.82, 2.24) is 0 Å². The molecule has 0 bridgehead atoms. The Labute approximate surface area is 105 Å². The lowest BCUT2D eigenvalue weighted by Crippen LogP contribution is -2.26. The third kappa shape index (κ3) is 2.78. The molecule has 0 aromatic heterocycles. The SMILES string of the molecule is CC1(C)OCC(CNc2cccc(F)c2C#N)O1. The number of ether oxygens (including phenoxy) is 2. The number of anilines is 1. The Morgan fingerprint density at radius 2 is 2.33 bits per heavy atom. The second-order valence-electron chi connectivity index (χ2n) is 4.61. The van der Waals surface area contributed by atoms with Crippen LogP contribution in [0.3, 0.4) is 0 Å². The van der Waals surface area contributed by atoms with Gasteiger partial charge in [-0.25, -0.2) is 4.39 Å². The van der Waals surface area contributed by atoms with Gasteiger partial charge in [0.05, 0.1) is 12.3 Å². The number of nitrogens with one attached hydrogen (secondary N) is 1. The van der Waals surface area contributed by atoms with Crippen molar-refractivity contribution >= 4 is 5.69 Å². The van der Waals surface area contributed by atoms with E-state index in [0.29, 0.717) is 18.8 Å². The molecule has 0 amide bonds. The number of hydrogen-bond acceptors (Lipinski definition) is 4. The second kappa shape index (κ2) is 4.92. The van der Waals surface area contributed by atoms with Crippen LogP contribution in [0.25, 0.3) is 0 Å². The van der Waals surface area contributed by atoms with E-state index in [1.807, 2.05) is 19.9 Å². The molecule has 1 aromatic carbocycles. The van der Waals surface area contributed by atoms with Crippen molar-refractivity contribution in [2.24, 2.45) is 0 Å². The zero-order valence-corrected chi connectivity index (χ0v) is 10.4. The molecule has 1 aliphatic heterocycles. The fourth-order valence-electron chi connectivity index (χ4n) is 1.87. The Morgan fingerprint density at radius 1 is 1.56 bits per heavy atom. The van der Waals surface area contributed by atoms with Crippen LogP contribution in [0.5, 0.6) is 0 Å². The van der Waals surface area contributed by atoms with Gasteiger partial charge in [-0.05, 0) is 26.0 Å². The zero-order valence-electron chi connectivity index (χ0n) is 10.4. The molecule has 1 fully saturated rings. The van der Waals surface area contributed by atoms with Crippen LogP contribution >= 0.6 is 0 Å². The van der Waals surface area contributed by atoms with E-state index >= 15 is 0 Å². The number of nitriles is 1. The lowest BCUT2D eigenvalue weighted by atomic mass is 10.2. The molecule has 4 nitrogen and oxygen atoms in total. The molecule has 1 saturated heterocycles. The highest BCUT2D eigenvalue weighted by Gasteiger charge is 2.32. The molecule has 18 heavy (non-hydrogen) atoms. The summed E-state index contributed by atoms with van der Waals surface area (Å²) < 4.78 is 24.4. The van der Waals surface area contributed by atoms with Crippen LogP contribution < -0.4 is 5.32 Å². The maximum atomic E-state index is 13.4. The maximum Gasteiger partial charge on any atom is 0.163 e. The highest BCUT2D eigenvalue weighted by atomic mass is 19.1. The largest absolute Gasteiger partial charge is 0.381 e. The van der Waals surface area contributed by atoms with E-state index in [2.05, 4.69) is 5.32 Å². The van der Waals surface area contributed by atoms with Crippen molar-refractivity contribution < 1.29 is 13.9 Å². The Bertz CT molecular complexity index is 482. The van der Waals surface area contributed by atoms with Crippen LogP contribution in [0.2, 0.25) is 0 Å². The highest BCUT2D eigenvalue weighted by molar-refractivity contribution is 5.57. The second-order valence-corrected chi connectivity index (χ2v) is 4.61. The Hall–Kier alpha value is -1.64. The molecule has 1 heterocycles. The first-order chi connectivity index (χ1) is 8.52. The van der Waals surface area contributed by atoms with Gasteiger partial charge in [0.2, 0.25) is 0 Å². The van der Waals surface area contributed by atoms with Crippen LogP contribution in [0.1, 0.15) is 19.4 Å². The molecule has 0 radical (unpaired) electrons. The number of halogens is 1. The fourth-order valence-corrected chi connectivity index (χ4v) is 1.87. The Morgan fingerprint density at radius 3 is 2.94 bits per heavy atom. The van der Waals surface area contributed by atoms with Crippen LogP contribution in [-0.2, 0) is 9.47 Å². The maximum absolute atomic E-state index is 13.4. The zero-order chi connectivity index (χ0) is 13.2. The molecular weight excluding hydrogens is 235 g/mol.